The van der Waals surface area contributed by atoms with Crippen molar-refractivity contribution in [3.05, 3.63) is 126 Å². The van der Waals surface area contributed by atoms with Crippen LogP contribution >= 0.6 is 0 Å². The SMILES string of the molecule is O=C(n1ccnc1)n1ccnc1.O=C(n1nnc2ccccc21)n1nnc2ccccc21.O=[C-]c1ccc([N+](=O)[O-])cc1.O=[SH-]=O.[W].[W].[Y]. The number of nitro groups is 1. The van der Waals surface area contributed by atoms with Crippen molar-refractivity contribution in [2.24, 2.45) is 0 Å². The van der Waals surface area contributed by atoms with Crippen LogP contribution in [0.1, 0.15) is 5.56 Å². The molecule has 0 saturated heterocycles. The zero-order valence-electron chi connectivity index (χ0n) is 24.5. The molecule has 18 nitrogen and oxygen atoms in total. The van der Waals surface area contributed by atoms with Crippen LogP contribution in [-0.4, -0.2) is 72.4 Å². The predicted octanol–water partition coefficient (Wildman–Crippen LogP) is 2.83. The average Bonchev–Trinajstić information content (AvgIpc) is 3.92. The van der Waals surface area contributed by atoms with Gasteiger partial charge in [0.2, 0.25) is 5.69 Å². The Balaban J connectivity index is 0.000000362. The Morgan fingerprint density at radius 1 is 0.714 bits per heavy atom. The van der Waals surface area contributed by atoms with Gasteiger partial charge in [-0.05, 0) is 36.4 Å². The van der Waals surface area contributed by atoms with Crippen molar-refractivity contribution in [3.8, 4) is 0 Å². The summed E-state index contributed by atoms with van der Waals surface area (Å²) in [7, 11) is 0. The van der Waals surface area contributed by atoms with E-state index in [9.17, 15) is 24.5 Å². The molecule has 0 aliphatic rings. The van der Waals surface area contributed by atoms with E-state index in [0.29, 0.717) is 27.6 Å². The summed E-state index contributed by atoms with van der Waals surface area (Å²) in [5.41, 5.74) is 2.88. The van der Waals surface area contributed by atoms with Gasteiger partial charge in [0.05, 0.1) is 22.2 Å². The number of benzene rings is 3. The van der Waals surface area contributed by atoms with Crippen LogP contribution in [0.5, 0.6) is 0 Å². The van der Waals surface area contributed by atoms with Crippen molar-refractivity contribution in [3.63, 3.8) is 0 Å². The summed E-state index contributed by atoms with van der Waals surface area (Å²) in [4.78, 5) is 51.0. The largest absolute Gasteiger partial charge is 0.427 e. The number of nitrogens with zero attached hydrogens (tertiary/aromatic N) is 11. The first-order valence-electron chi connectivity index (χ1n) is 12.6. The Kier molecular flexibility index (Phi) is 18.9. The summed E-state index contributed by atoms with van der Waals surface area (Å²) >= 11 is -1.08. The van der Waals surface area contributed by atoms with Gasteiger partial charge in [0.1, 0.15) is 23.7 Å². The summed E-state index contributed by atoms with van der Waals surface area (Å²) in [6, 6.07) is 19.1. The number of thiol groups is 1. The third-order valence-corrected chi connectivity index (χ3v) is 5.71. The number of para-hydroxylation sites is 2. The van der Waals surface area contributed by atoms with Gasteiger partial charge in [-0.2, -0.15) is 27.1 Å². The second-order valence-electron chi connectivity index (χ2n) is 8.47. The second kappa shape index (κ2) is 21.6. The molecule has 0 aliphatic carbocycles. The van der Waals surface area contributed by atoms with Crippen LogP contribution in [0.4, 0.5) is 15.3 Å². The number of fused-ring (bicyclic) bond motifs is 2. The summed E-state index contributed by atoms with van der Waals surface area (Å²) < 4.78 is 21.9. The maximum absolute atomic E-state index is 12.5. The number of carbonyl (C=O) groups excluding carboxylic acids is 3. The molecule has 22 heteroatoms. The van der Waals surface area contributed by atoms with Crippen molar-refractivity contribution < 1.29 is 103 Å². The molecular weight excluding hydrogens is 1080 g/mol. The number of aromatic nitrogens is 10. The Labute approximate surface area is 332 Å². The van der Waals surface area contributed by atoms with E-state index >= 15 is 0 Å². The van der Waals surface area contributed by atoms with E-state index in [2.05, 4.69) is 30.6 Å². The number of carbonyl (C=O) groups is 2. The number of hydrogen-bond donors (Lipinski definition) is 0. The standard InChI is InChI=1S/C13H8N6O.C7H6N4O.C7H4NO3.HO2S.2W.Y/c20-13(18-11-7-3-1-5-9(11)14-16-18)19-12-8-4-2-6-10(12)15-17-19;12-7(10-3-1-8-5-10)11-4-2-9-6-11;9-5-6-1-3-7(4-2-6)8(10)11;1-3-2;;;/h1-8H;1-6H;1-4H;3H;;;/q;;2*-1;;;. The van der Waals surface area contributed by atoms with E-state index in [1.165, 1.54) is 55.4 Å². The molecule has 3 aromatic carbocycles. The Morgan fingerprint density at radius 2 is 1.14 bits per heavy atom. The molecule has 4 aromatic heterocycles. The van der Waals surface area contributed by atoms with Gasteiger partial charge >= 0.3 is 12.1 Å². The van der Waals surface area contributed by atoms with E-state index in [0.717, 1.165) is 0 Å². The first-order valence-corrected chi connectivity index (χ1v) is 13.3. The third kappa shape index (κ3) is 11.4. The molecule has 247 valence electrons. The molecule has 49 heavy (non-hydrogen) atoms. The average molecular weight is 1100 g/mol. The maximum Gasteiger partial charge on any atom is 0.373 e. The molecule has 4 heterocycles. The quantitative estimate of drug-likeness (QED) is 0.0800. The molecule has 0 N–H and O–H groups in total. The Hall–Kier alpha value is -4.28. The Bertz CT molecular complexity index is 2030. The topological polar surface area (TPSA) is 226 Å². The molecular formula is C27H19N11O7SW2Y-2. The molecule has 0 fully saturated rings. The molecule has 7 aromatic rings. The fourth-order valence-electron chi connectivity index (χ4n) is 3.64. The molecule has 0 amide bonds. The van der Waals surface area contributed by atoms with Crippen LogP contribution in [-0.2, 0) is 99.6 Å². The minimum atomic E-state index is -1.08. The van der Waals surface area contributed by atoms with Crippen molar-refractivity contribution in [2.45, 2.75) is 0 Å². The van der Waals surface area contributed by atoms with Gasteiger partial charge in [-0.25, -0.2) is 19.6 Å². The van der Waals surface area contributed by atoms with E-state index in [1.54, 1.807) is 55.3 Å². The molecule has 7 rings (SSSR count). The third-order valence-electron chi connectivity index (χ3n) is 5.71. The number of non-ortho nitro benzene ring substituents is 1. The van der Waals surface area contributed by atoms with Crippen LogP contribution in [0.15, 0.2) is 110 Å². The molecule has 0 atom stereocenters. The first kappa shape index (κ1) is 42.7. The molecule has 0 unspecified atom stereocenters. The predicted molar refractivity (Wildman–Crippen MR) is 160 cm³/mol. The maximum atomic E-state index is 12.5. The van der Waals surface area contributed by atoms with Gasteiger partial charge in [-0.1, -0.05) is 46.3 Å². The smallest absolute Gasteiger partial charge is 0.373 e. The Morgan fingerprint density at radius 3 is 1.51 bits per heavy atom. The first-order chi connectivity index (χ1) is 22.4. The molecule has 0 saturated carbocycles. The molecule has 0 spiro atoms. The fraction of sp³-hybridized carbons (Fsp3) is 0. The van der Waals surface area contributed by atoms with Crippen molar-refractivity contribution in [1.82, 2.24) is 49.1 Å². The van der Waals surface area contributed by atoms with Crippen molar-refractivity contribution in [1.29, 1.82) is 0 Å². The van der Waals surface area contributed by atoms with Crippen molar-refractivity contribution >= 4 is 57.7 Å². The summed E-state index contributed by atoms with van der Waals surface area (Å²) in [5, 5.41) is 25.8. The summed E-state index contributed by atoms with van der Waals surface area (Å²) in [5.74, 6) is 0. The van der Waals surface area contributed by atoms with Crippen LogP contribution in [0.3, 0.4) is 0 Å². The van der Waals surface area contributed by atoms with Gasteiger partial charge in [-0.15, -0.1) is 10.2 Å². The van der Waals surface area contributed by atoms with Crippen LogP contribution in [0, 0.1) is 10.1 Å². The van der Waals surface area contributed by atoms with E-state index in [1.807, 2.05) is 24.3 Å². The van der Waals surface area contributed by atoms with E-state index in [4.69, 9.17) is 8.42 Å². The normalized spacial score (nSPS) is 9.39. The van der Waals surface area contributed by atoms with Gasteiger partial charge in [0.25, 0.3) is 0 Å². The minimum absolute atomic E-state index is 0. The summed E-state index contributed by atoms with van der Waals surface area (Å²) in [6.45, 7) is 0. The number of hydrogen-bond acceptors (Lipinski definition) is 14. The van der Waals surface area contributed by atoms with E-state index < -0.39 is 22.5 Å². The molecule has 1 radical (unpaired) electrons. The van der Waals surface area contributed by atoms with Gasteiger partial charge < -0.3 is 13.2 Å². The fourth-order valence-corrected chi connectivity index (χ4v) is 3.64. The minimum Gasteiger partial charge on any atom is -0.427 e. The van der Waals surface area contributed by atoms with Gasteiger partial charge in [0.15, 0.2) is 0 Å². The molecule has 0 bridgehead atoms. The summed E-state index contributed by atoms with van der Waals surface area (Å²) in [6.07, 6.45) is 10.8. The molecule has 0 aliphatic heterocycles. The second-order valence-corrected chi connectivity index (χ2v) is 8.61. The van der Waals surface area contributed by atoms with Crippen molar-refractivity contribution in [2.75, 3.05) is 0 Å². The van der Waals surface area contributed by atoms with Gasteiger partial charge in [0, 0.05) is 99.6 Å². The zero-order valence-corrected chi connectivity index (χ0v) is 34.1. The zero-order chi connectivity index (χ0) is 32.9. The van der Waals surface area contributed by atoms with Crippen LogP contribution in [0.2, 0.25) is 0 Å². The number of imidazole rings is 2. The van der Waals surface area contributed by atoms with Crippen LogP contribution in [0.25, 0.3) is 22.1 Å². The number of nitro benzene ring substituents is 1. The van der Waals surface area contributed by atoms with Gasteiger partial charge in [-0.3, -0.25) is 19.2 Å². The van der Waals surface area contributed by atoms with Crippen LogP contribution < -0.4 is 0 Å². The number of rotatable bonds is 2. The van der Waals surface area contributed by atoms with E-state index in [-0.39, 0.29) is 86.6 Å². The monoisotopic (exact) mass is 1100 g/mol.